The predicted octanol–water partition coefficient (Wildman–Crippen LogP) is 6.79. The summed E-state index contributed by atoms with van der Waals surface area (Å²) in [6.07, 6.45) is 28.2. The van der Waals surface area contributed by atoms with Crippen LogP contribution in [-0.4, -0.2) is 54.3 Å². The molecule has 2 unspecified atom stereocenters. The maximum atomic E-state index is 13.3. The smallest absolute Gasteiger partial charge is 0.138 e. The lowest BCUT2D eigenvalue weighted by atomic mass is 9.64. The number of hydrogen-bond acceptors (Lipinski definition) is 3. The molecular formula is C31H50N2O. The highest BCUT2D eigenvalue weighted by Gasteiger charge is 2.48. The second-order valence-electron chi connectivity index (χ2n) is 12.2. The number of fused-ring (bicyclic) bond motifs is 1. The van der Waals surface area contributed by atoms with Gasteiger partial charge in [-0.3, -0.25) is 14.6 Å². The van der Waals surface area contributed by atoms with Gasteiger partial charge in [-0.1, -0.05) is 62.3 Å². The quantitative estimate of drug-likeness (QED) is 0.367. The number of rotatable bonds is 0. The molecule has 5 aliphatic rings. The monoisotopic (exact) mass is 466 g/mol. The van der Waals surface area contributed by atoms with Crippen molar-refractivity contribution in [3.8, 4) is 0 Å². The fourth-order valence-electron chi connectivity index (χ4n) is 8.28. The first-order valence-corrected chi connectivity index (χ1v) is 15.1. The Morgan fingerprint density at radius 2 is 1.50 bits per heavy atom. The summed E-state index contributed by atoms with van der Waals surface area (Å²) < 4.78 is 0. The van der Waals surface area contributed by atoms with Crippen molar-refractivity contribution in [3.05, 3.63) is 23.8 Å². The Labute approximate surface area is 209 Å². The number of nitrogens with zero attached hydrogens (tertiary/aromatic N) is 2. The molecule has 6 atom stereocenters. The molecule has 3 nitrogen and oxygen atoms in total. The van der Waals surface area contributed by atoms with Gasteiger partial charge in [0.1, 0.15) is 5.78 Å². The normalized spacial score (nSPS) is 40.0. The average Bonchev–Trinajstić information content (AvgIpc) is 2.85. The van der Waals surface area contributed by atoms with Gasteiger partial charge in [0.15, 0.2) is 0 Å². The van der Waals surface area contributed by atoms with E-state index in [0.717, 1.165) is 31.2 Å². The van der Waals surface area contributed by atoms with Gasteiger partial charge in [0, 0.05) is 38.0 Å². The molecule has 0 aromatic carbocycles. The number of carbonyl (C=O) groups excluding carboxylic acids is 1. The molecule has 0 spiro atoms. The molecule has 2 saturated heterocycles. The minimum absolute atomic E-state index is 0.321. The van der Waals surface area contributed by atoms with Crippen LogP contribution in [0.3, 0.4) is 0 Å². The van der Waals surface area contributed by atoms with E-state index in [0.29, 0.717) is 23.7 Å². The topological polar surface area (TPSA) is 23.6 Å². The van der Waals surface area contributed by atoms with Gasteiger partial charge in [-0.15, -0.1) is 0 Å². The molecule has 6 bridgehead atoms. The summed E-state index contributed by atoms with van der Waals surface area (Å²) in [5, 5.41) is 0. The zero-order valence-corrected chi connectivity index (χ0v) is 21.8. The van der Waals surface area contributed by atoms with Crippen molar-refractivity contribution in [2.24, 2.45) is 23.7 Å². The van der Waals surface area contributed by atoms with Crippen LogP contribution in [0.15, 0.2) is 23.8 Å². The molecule has 0 radical (unpaired) electrons. The fourth-order valence-corrected chi connectivity index (χ4v) is 8.28. The first kappa shape index (κ1) is 24.8. The van der Waals surface area contributed by atoms with E-state index in [1.54, 1.807) is 5.57 Å². The number of hydrogen-bond donors (Lipinski definition) is 0. The summed E-state index contributed by atoms with van der Waals surface area (Å²) in [5.41, 5.74) is 1.74. The van der Waals surface area contributed by atoms with Crippen molar-refractivity contribution >= 4 is 5.78 Å². The van der Waals surface area contributed by atoms with E-state index in [1.165, 1.54) is 116 Å². The van der Waals surface area contributed by atoms with Crippen LogP contribution in [0.25, 0.3) is 0 Å². The lowest BCUT2D eigenvalue weighted by molar-refractivity contribution is -0.135. The number of Topliss-reactive ketones (excluding diaryl/α,β-unsaturated/α-hetero) is 1. The van der Waals surface area contributed by atoms with Gasteiger partial charge in [0.2, 0.25) is 0 Å². The molecule has 190 valence electrons. The molecule has 2 fully saturated rings. The first-order valence-electron chi connectivity index (χ1n) is 15.1. The molecule has 0 amide bonds. The lowest BCUT2D eigenvalue weighted by Crippen LogP contribution is -2.59. The minimum Gasteiger partial charge on any atom is -0.299 e. The number of carbonyl (C=O) groups is 1. The van der Waals surface area contributed by atoms with E-state index >= 15 is 0 Å². The molecule has 5 rings (SSSR count). The molecule has 4 heterocycles. The van der Waals surface area contributed by atoms with Gasteiger partial charge in [-0.2, -0.15) is 0 Å². The van der Waals surface area contributed by atoms with Crippen molar-refractivity contribution < 1.29 is 4.79 Å². The van der Waals surface area contributed by atoms with Crippen molar-refractivity contribution in [3.63, 3.8) is 0 Å². The van der Waals surface area contributed by atoms with Gasteiger partial charge in [0.05, 0.1) is 0 Å². The van der Waals surface area contributed by atoms with Gasteiger partial charge in [0.25, 0.3) is 0 Å². The fraction of sp³-hybridized carbons (Fsp3) is 0.839. The van der Waals surface area contributed by atoms with Crippen LogP contribution < -0.4 is 0 Å². The van der Waals surface area contributed by atoms with E-state index in [1.807, 2.05) is 0 Å². The highest BCUT2D eigenvalue weighted by Crippen LogP contribution is 2.45. The van der Waals surface area contributed by atoms with Gasteiger partial charge < -0.3 is 0 Å². The Hall–Kier alpha value is -0.930. The molecule has 0 aromatic heterocycles. The predicted molar refractivity (Wildman–Crippen MR) is 142 cm³/mol. The zero-order valence-electron chi connectivity index (χ0n) is 21.8. The summed E-state index contributed by atoms with van der Waals surface area (Å²) in [6, 6.07) is 0.537. The van der Waals surface area contributed by atoms with Crippen LogP contribution in [0.2, 0.25) is 0 Å². The maximum Gasteiger partial charge on any atom is 0.138 e. The SMILES string of the molecule is O=C1CCN2CC[C@@H]3C4C=C5CCCCCC[C@H]1[C@@H]2[C@@H]3CCCCCC/C=C\CCCN(C5)C4. The standard InChI is InChI=1S/C31H50N2O/c34-30-18-21-33-20-17-27-26-22-25-14-10-7-8-12-16-29(30)31(33)28(27)15-11-6-4-2-1-3-5-9-13-19-32(23-25)24-26/h3,5,22,26-29,31H,1-2,4,6-21,23-24H2/b5-3-/t26?,27-,28-,29-,31+/m1/s1. The molecule has 0 N–H and O–H groups in total. The van der Waals surface area contributed by atoms with Crippen LogP contribution in [0.5, 0.6) is 0 Å². The Balaban J connectivity index is 1.45. The van der Waals surface area contributed by atoms with Crippen LogP contribution in [0, 0.1) is 23.7 Å². The third-order valence-corrected chi connectivity index (χ3v) is 9.96. The highest BCUT2D eigenvalue weighted by atomic mass is 16.1. The van der Waals surface area contributed by atoms with Crippen molar-refractivity contribution in [2.45, 2.75) is 109 Å². The molecule has 4 aliphatic heterocycles. The number of piperidine rings is 2. The summed E-state index contributed by atoms with van der Waals surface area (Å²) in [5.74, 6) is 3.14. The Morgan fingerprint density at radius 3 is 2.41 bits per heavy atom. The van der Waals surface area contributed by atoms with Crippen LogP contribution in [-0.2, 0) is 4.79 Å². The van der Waals surface area contributed by atoms with Gasteiger partial charge in [-0.25, -0.2) is 0 Å². The Kier molecular flexibility index (Phi) is 8.99. The molecule has 1 aliphatic carbocycles. The lowest BCUT2D eigenvalue weighted by Gasteiger charge is -2.53. The van der Waals surface area contributed by atoms with Crippen molar-refractivity contribution in [1.82, 2.24) is 9.80 Å². The third-order valence-electron chi connectivity index (χ3n) is 9.96. The highest BCUT2D eigenvalue weighted by molar-refractivity contribution is 5.82. The average molecular weight is 467 g/mol. The summed E-state index contributed by atoms with van der Waals surface area (Å²) in [6.45, 7) is 6.01. The summed E-state index contributed by atoms with van der Waals surface area (Å²) in [7, 11) is 0. The van der Waals surface area contributed by atoms with Crippen LogP contribution in [0.1, 0.15) is 103 Å². The van der Waals surface area contributed by atoms with E-state index in [9.17, 15) is 4.79 Å². The van der Waals surface area contributed by atoms with Crippen LogP contribution >= 0.6 is 0 Å². The van der Waals surface area contributed by atoms with E-state index < -0.39 is 0 Å². The van der Waals surface area contributed by atoms with Crippen molar-refractivity contribution in [1.29, 1.82) is 0 Å². The van der Waals surface area contributed by atoms with E-state index in [4.69, 9.17) is 0 Å². The maximum absolute atomic E-state index is 13.3. The molecule has 0 aromatic rings. The zero-order chi connectivity index (χ0) is 23.2. The first-order chi connectivity index (χ1) is 16.8. The Bertz CT molecular complexity index is 727. The van der Waals surface area contributed by atoms with E-state index in [2.05, 4.69) is 28.0 Å². The third kappa shape index (κ3) is 6.06. The molecule has 0 saturated carbocycles. The van der Waals surface area contributed by atoms with Crippen molar-refractivity contribution in [2.75, 3.05) is 32.7 Å². The van der Waals surface area contributed by atoms with Gasteiger partial charge in [-0.05, 0) is 88.6 Å². The molecule has 34 heavy (non-hydrogen) atoms. The van der Waals surface area contributed by atoms with Gasteiger partial charge >= 0.3 is 0 Å². The molecular weight excluding hydrogens is 416 g/mol. The minimum atomic E-state index is 0.321. The largest absolute Gasteiger partial charge is 0.299 e. The van der Waals surface area contributed by atoms with Crippen LogP contribution in [0.4, 0.5) is 0 Å². The number of ketones is 1. The van der Waals surface area contributed by atoms with E-state index in [-0.39, 0.29) is 0 Å². The molecule has 3 heteroatoms. The Morgan fingerprint density at radius 1 is 0.706 bits per heavy atom. The summed E-state index contributed by atoms with van der Waals surface area (Å²) in [4.78, 5) is 18.9. The summed E-state index contributed by atoms with van der Waals surface area (Å²) >= 11 is 0. The second-order valence-corrected chi connectivity index (χ2v) is 12.2. The second kappa shape index (κ2) is 12.3. The number of allylic oxidation sites excluding steroid dienone is 2.